The van der Waals surface area contributed by atoms with Gasteiger partial charge in [0.05, 0.1) is 11.9 Å². The molecular formula is C12H9F4N3OS. The molecule has 21 heavy (non-hydrogen) atoms. The van der Waals surface area contributed by atoms with E-state index < -0.39 is 17.9 Å². The minimum absolute atomic E-state index is 0.0190. The van der Waals surface area contributed by atoms with Crippen molar-refractivity contribution in [3.8, 4) is 5.75 Å². The fourth-order valence-electron chi connectivity index (χ4n) is 1.39. The van der Waals surface area contributed by atoms with Gasteiger partial charge in [-0.3, -0.25) is 5.43 Å². The summed E-state index contributed by atoms with van der Waals surface area (Å²) < 4.78 is 53.4. The third kappa shape index (κ3) is 4.71. The Bertz CT molecular complexity index is 654. The number of anilines is 1. The number of benzene rings is 1. The van der Waals surface area contributed by atoms with Crippen LogP contribution in [0.5, 0.6) is 5.75 Å². The first-order valence-corrected chi connectivity index (χ1v) is 6.48. The zero-order chi connectivity index (χ0) is 15.5. The van der Waals surface area contributed by atoms with Crippen molar-refractivity contribution in [2.24, 2.45) is 5.10 Å². The van der Waals surface area contributed by atoms with E-state index >= 15 is 0 Å². The summed E-state index contributed by atoms with van der Waals surface area (Å²) in [4.78, 5) is 4.06. The van der Waals surface area contributed by atoms with Gasteiger partial charge in [0.1, 0.15) is 11.6 Å². The van der Waals surface area contributed by atoms with E-state index in [1.54, 1.807) is 12.3 Å². The van der Waals surface area contributed by atoms with E-state index in [0.29, 0.717) is 11.2 Å². The summed E-state index contributed by atoms with van der Waals surface area (Å²) in [6.07, 6.45) is -3.81. The highest BCUT2D eigenvalue weighted by molar-refractivity contribution is 7.13. The number of ether oxygens (including phenoxy) is 1. The number of hydrogen-bond donors (Lipinski definition) is 1. The fraction of sp³-hybridized carbons (Fsp3) is 0.167. The highest BCUT2D eigenvalue weighted by Crippen LogP contribution is 2.26. The van der Waals surface area contributed by atoms with Crippen LogP contribution in [0.15, 0.2) is 28.7 Å². The van der Waals surface area contributed by atoms with Gasteiger partial charge in [0.25, 0.3) is 0 Å². The summed E-state index contributed by atoms with van der Waals surface area (Å²) >= 11 is 1.29. The molecule has 1 heterocycles. The highest BCUT2D eigenvalue weighted by atomic mass is 32.1. The summed E-state index contributed by atoms with van der Waals surface area (Å²) in [5.74, 6) is -1.50. The minimum Gasteiger partial charge on any atom is -0.405 e. The molecular weight excluding hydrogens is 310 g/mol. The van der Waals surface area contributed by atoms with Crippen LogP contribution in [-0.2, 0) is 0 Å². The molecule has 0 unspecified atom stereocenters. The van der Waals surface area contributed by atoms with Crippen LogP contribution in [0.1, 0.15) is 11.3 Å². The lowest BCUT2D eigenvalue weighted by Gasteiger charge is -2.11. The van der Waals surface area contributed by atoms with Gasteiger partial charge >= 0.3 is 6.36 Å². The van der Waals surface area contributed by atoms with Gasteiger partial charge in [0, 0.05) is 17.0 Å². The SMILES string of the molecule is Cc1csc(NN=Cc2ccc(F)cc2OC(F)(F)F)n1. The number of thiazole rings is 1. The Morgan fingerprint density at radius 2 is 2.14 bits per heavy atom. The number of halogens is 4. The second kappa shape index (κ2) is 6.08. The number of hydrogen-bond acceptors (Lipinski definition) is 5. The molecule has 0 bridgehead atoms. The van der Waals surface area contributed by atoms with Gasteiger partial charge in [-0.05, 0) is 19.1 Å². The van der Waals surface area contributed by atoms with Crippen molar-refractivity contribution in [2.75, 3.05) is 5.43 Å². The maximum Gasteiger partial charge on any atom is 0.573 e. The summed E-state index contributed by atoms with van der Waals surface area (Å²) in [6.45, 7) is 1.79. The number of rotatable bonds is 4. The average molecular weight is 319 g/mol. The first-order chi connectivity index (χ1) is 9.83. The summed E-state index contributed by atoms with van der Waals surface area (Å²) in [5, 5.41) is 6.02. The van der Waals surface area contributed by atoms with Gasteiger partial charge < -0.3 is 4.74 Å². The Labute approximate surface area is 121 Å². The van der Waals surface area contributed by atoms with Crippen LogP contribution in [0.25, 0.3) is 0 Å². The Hall–Kier alpha value is -2.16. The van der Waals surface area contributed by atoms with Crippen LogP contribution >= 0.6 is 11.3 Å². The number of hydrazone groups is 1. The second-order valence-electron chi connectivity index (χ2n) is 3.89. The van der Waals surface area contributed by atoms with Crippen molar-refractivity contribution in [1.82, 2.24) is 4.98 Å². The Balaban J connectivity index is 2.15. The van der Waals surface area contributed by atoms with Crippen molar-refractivity contribution in [2.45, 2.75) is 13.3 Å². The van der Waals surface area contributed by atoms with Crippen molar-refractivity contribution in [3.05, 3.63) is 40.7 Å². The molecule has 1 N–H and O–H groups in total. The van der Waals surface area contributed by atoms with Gasteiger partial charge in [-0.1, -0.05) is 0 Å². The standard InChI is InChI=1S/C12H9F4N3OS/c1-7-6-21-11(18-7)19-17-5-8-2-3-9(13)4-10(8)20-12(14,15)16/h2-6H,1H3,(H,18,19). The molecule has 0 amide bonds. The summed E-state index contributed by atoms with van der Waals surface area (Å²) in [6, 6.07) is 2.79. The van der Waals surface area contributed by atoms with E-state index in [9.17, 15) is 17.6 Å². The lowest BCUT2D eigenvalue weighted by Crippen LogP contribution is -2.18. The molecule has 1 aromatic heterocycles. The molecule has 2 aromatic rings. The maximum atomic E-state index is 13.0. The second-order valence-corrected chi connectivity index (χ2v) is 4.75. The van der Waals surface area contributed by atoms with Crippen LogP contribution in [-0.4, -0.2) is 17.6 Å². The topological polar surface area (TPSA) is 46.5 Å². The quantitative estimate of drug-likeness (QED) is 0.527. The Morgan fingerprint density at radius 1 is 1.38 bits per heavy atom. The number of alkyl halides is 3. The van der Waals surface area contributed by atoms with Crippen LogP contribution in [0.2, 0.25) is 0 Å². The van der Waals surface area contributed by atoms with Gasteiger partial charge in [-0.2, -0.15) is 5.10 Å². The fourth-order valence-corrected chi connectivity index (χ4v) is 2.03. The van der Waals surface area contributed by atoms with Crippen molar-refractivity contribution < 1.29 is 22.3 Å². The highest BCUT2D eigenvalue weighted by Gasteiger charge is 2.32. The Kier molecular flexibility index (Phi) is 4.41. The molecule has 0 aliphatic heterocycles. The predicted molar refractivity (Wildman–Crippen MR) is 71.2 cm³/mol. The molecule has 0 spiro atoms. The van der Waals surface area contributed by atoms with Crippen LogP contribution in [0, 0.1) is 12.7 Å². The Morgan fingerprint density at radius 3 is 2.76 bits per heavy atom. The average Bonchev–Trinajstić information content (AvgIpc) is 2.76. The van der Waals surface area contributed by atoms with Gasteiger partial charge in [0.15, 0.2) is 0 Å². The molecule has 4 nitrogen and oxygen atoms in total. The van der Waals surface area contributed by atoms with Gasteiger partial charge in [-0.15, -0.1) is 24.5 Å². The number of aryl methyl sites for hydroxylation is 1. The van der Waals surface area contributed by atoms with E-state index in [1.165, 1.54) is 11.3 Å². The van der Waals surface area contributed by atoms with Gasteiger partial charge in [-0.25, -0.2) is 9.37 Å². The normalized spacial score (nSPS) is 11.9. The molecule has 1 aromatic carbocycles. The van der Waals surface area contributed by atoms with E-state index in [4.69, 9.17) is 0 Å². The van der Waals surface area contributed by atoms with E-state index in [0.717, 1.165) is 24.0 Å². The number of nitrogens with zero attached hydrogens (tertiary/aromatic N) is 2. The molecule has 0 radical (unpaired) electrons. The predicted octanol–water partition coefficient (Wildman–Crippen LogP) is 3.94. The molecule has 0 fully saturated rings. The maximum absolute atomic E-state index is 13.0. The number of nitrogens with one attached hydrogen (secondary N) is 1. The summed E-state index contributed by atoms with van der Waals surface area (Å²) in [7, 11) is 0. The zero-order valence-corrected chi connectivity index (χ0v) is 11.4. The molecule has 9 heteroatoms. The smallest absolute Gasteiger partial charge is 0.405 e. The molecule has 2 rings (SSSR count). The molecule has 0 aliphatic rings. The van der Waals surface area contributed by atoms with Crippen LogP contribution < -0.4 is 10.2 Å². The lowest BCUT2D eigenvalue weighted by atomic mass is 10.2. The van der Waals surface area contributed by atoms with Crippen LogP contribution in [0.4, 0.5) is 22.7 Å². The van der Waals surface area contributed by atoms with E-state index in [1.807, 2.05) is 0 Å². The molecule has 0 saturated carbocycles. The van der Waals surface area contributed by atoms with E-state index in [2.05, 4.69) is 20.2 Å². The summed E-state index contributed by atoms with van der Waals surface area (Å²) in [5.41, 5.74) is 3.34. The molecule has 0 atom stereocenters. The third-order valence-electron chi connectivity index (χ3n) is 2.18. The lowest BCUT2D eigenvalue weighted by molar-refractivity contribution is -0.274. The van der Waals surface area contributed by atoms with Crippen LogP contribution in [0.3, 0.4) is 0 Å². The van der Waals surface area contributed by atoms with Crippen molar-refractivity contribution in [1.29, 1.82) is 0 Å². The van der Waals surface area contributed by atoms with Crippen molar-refractivity contribution >= 4 is 22.7 Å². The molecule has 0 saturated heterocycles. The molecule has 112 valence electrons. The third-order valence-corrected chi connectivity index (χ3v) is 3.05. The first kappa shape index (κ1) is 15.2. The monoisotopic (exact) mass is 319 g/mol. The largest absolute Gasteiger partial charge is 0.573 e. The van der Waals surface area contributed by atoms with Crippen molar-refractivity contribution in [3.63, 3.8) is 0 Å². The molecule has 0 aliphatic carbocycles. The number of aromatic nitrogens is 1. The zero-order valence-electron chi connectivity index (χ0n) is 10.6. The van der Waals surface area contributed by atoms with Gasteiger partial charge in [0.2, 0.25) is 5.13 Å². The first-order valence-electron chi connectivity index (χ1n) is 5.60. The van der Waals surface area contributed by atoms with E-state index in [-0.39, 0.29) is 5.56 Å². The minimum atomic E-state index is -4.91.